The van der Waals surface area contributed by atoms with E-state index in [4.69, 9.17) is 11.6 Å². The molecule has 0 aliphatic heterocycles. The Hall–Kier alpha value is -3.52. The van der Waals surface area contributed by atoms with Crippen LogP contribution in [0.25, 0.3) is 11.0 Å². The zero-order valence-electron chi connectivity index (χ0n) is 15.1. The summed E-state index contributed by atoms with van der Waals surface area (Å²) in [7, 11) is 1.78. The first-order chi connectivity index (χ1) is 13.5. The third kappa shape index (κ3) is 3.49. The predicted octanol–water partition coefficient (Wildman–Crippen LogP) is 3.72. The van der Waals surface area contributed by atoms with E-state index in [1.165, 1.54) is 0 Å². The molecule has 4 aromatic rings. The van der Waals surface area contributed by atoms with Gasteiger partial charge < -0.3 is 10.6 Å². The van der Waals surface area contributed by atoms with E-state index in [1.54, 1.807) is 42.3 Å². The van der Waals surface area contributed by atoms with Crippen LogP contribution in [0.3, 0.4) is 0 Å². The van der Waals surface area contributed by atoms with Gasteiger partial charge >= 0.3 is 0 Å². The number of carbonyl (C=O) groups is 1. The van der Waals surface area contributed by atoms with Gasteiger partial charge in [0.15, 0.2) is 11.5 Å². The lowest BCUT2D eigenvalue weighted by Crippen LogP contribution is -2.13. The monoisotopic (exact) mass is 393 g/mol. The number of carbonyl (C=O) groups excluding carboxylic acids is 1. The summed E-state index contributed by atoms with van der Waals surface area (Å²) in [6, 6.07) is 10.8. The molecule has 0 bridgehead atoms. The number of aromatic nitrogens is 5. The Labute approximate surface area is 165 Å². The Kier molecular flexibility index (Phi) is 4.62. The fourth-order valence-corrected chi connectivity index (χ4v) is 2.89. The Morgan fingerprint density at radius 3 is 2.82 bits per heavy atom. The van der Waals surface area contributed by atoms with Crippen LogP contribution >= 0.6 is 11.6 Å². The van der Waals surface area contributed by atoms with Crippen molar-refractivity contribution in [2.75, 3.05) is 10.6 Å². The topological polar surface area (TPSA) is 97.6 Å². The molecule has 0 saturated heterocycles. The van der Waals surface area contributed by atoms with E-state index in [1.807, 2.05) is 25.1 Å². The standard InChI is InChI=1S/C19H16ClN7O/c1-11-6-7-12(23-18(28)14-5-3-4-8-21-14)9-15(11)24-16-13-10-22-19(20)25-17(13)27(2)26-16/h3-10H,1-2H3,(H,23,28)(H,24,26). The number of fused-ring (bicyclic) bond motifs is 1. The number of nitrogens with one attached hydrogen (secondary N) is 2. The Bertz CT molecular complexity index is 1170. The number of halogens is 1. The highest BCUT2D eigenvalue weighted by atomic mass is 35.5. The molecule has 2 N–H and O–H groups in total. The van der Waals surface area contributed by atoms with Gasteiger partial charge in [-0.15, -0.1) is 0 Å². The molecular formula is C19H16ClN7O. The first kappa shape index (κ1) is 17.9. The average molecular weight is 394 g/mol. The summed E-state index contributed by atoms with van der Waals surface area (Å²) in [6.45, 7) is 1.96. The lowest BCUT2D eigenvalue weighted by atomic mass is 10.1. The van der Waals surface area contributed by atoms with Crippen LogP contribution in [0.5, 0.6) is 0 Å². The molecule has 1 aromatic carbocycles. The molecule has 3 aromatic heterocycles. The van der Waals surface area contributed by atoms with Gasteiger partial charge in [-0.1, -0.05) is 12.1 Å². The second-order valence-electron chi connectivity index (χ2n) is 6.17. The quantitative estimate of drug-likeness (QED) is 0.513. The molecule has 0 aliphatic carbocycles. The summed E-state index contributed by atoms with van der Waals surface area (Å²) in [5, 5.41) is 11.5. The van der Waals surface area contributed by atoms with Gasteiger partial charge in [-0.2, -0.15) is 10.1 Å². The first-order valence-corrected chi connectivity index (χ1v) is 8.84. The van der Waals surface area contributed by atoms with Gasteiger partial charge in [0.2, 0.25) is 5.28 Å². The van der Waals surface area contributed by atoms with Crippen molar-refractivity contribution in [2.45, 2.75) is 6.92 Å². The zero-order chi connectivity index (χ0) is 19.7. The minimum absolute atomic E-state index is 0.164. The van der Waals surface area contributed by atoms with Gasteiger partial charge in [-0.25, -0.2) is 9.67 Å². The van der Waals surface area contributed by atoms with Crippen molar-refractivity contribution < 1.29 is 4.79 Å². The lowest BCUT2D eigenvalue weighted by Gasteiger charge is -2.11. The number of pyridine rings is 1. The molecule has 4 rings (SSSR count). The SMILES string of the molecule is Cc1ccc(NC(=O)c2ccccn2)cc1Nc1nn(C)c2nc(Cl)ncc12. The maximum absolute atomic E-state index is 12.3. The van der Waals surface area contributed by atoms with Crippen molar-refractivity contribution >= 4 is 45.7 Å². The second-order valence-corrected chi connectivity index (χ2v) is 6.51. The van der Waals surface area contributed by atoms with E-state index in [2.05, 4.69) is 30.7 Å². The number of hydrogen-bond acceptors (Lipinski definition) is 6. The van der Waals surface area contributed by atoms with E-state index in [-0.39, 0.29) is 11.2 Å². The van der Waals surface area contributed by atoms with Gasteiger partial charge in [-0.3, -0.25) is 9.78 Å². The van der Waals surface area contributed by atoms with Crippen LogP contribution in [0.15, 0.2) is 48.8 Å². The molecule has 0 atom stereocenters. The molecular weight excluding hydrogens is 378 g/mol. The van der Waals surface area contributed by atoms with Crippen LogP contribution in [0.4, 0.5) is 17.2 Å². The van der Waals surface area contributed by atoms with Gasteiger partial charge in [0.05, 0.1) is 5.39 Å². The largest absolute Gasteiger partial charge is 0.338 e. The van der Waals surface area contributed by atoms with Crippen molar-refractivity contribution in [3.05, 3.63) is 65.3 Å². The molecule has 0 saturated carbocycles. The lowest BCUT2D eigenvalue weighted by molar-refractivity contribution is 0.102. The van der Waals surface area contributed by atoms with Gasteiger partial charge in [0, 0.05) is 30.8 Å². The number of nitrogens with zero attached hydrogens (tertiary/aromatic N) is 5. The number of rotatable bonds is 4. The maximum Gasteiger partial charge on any atom is 0.274 e. The highest BCUT2D eigenvalue weighted by molar-refractivity contribution is 6.28. The number of amides is 1. The summed E-state index contributed by atoms with van der Waals surface area (Å²) in [5.41, 5.74) is 3.41. The van der Waals surface area contributed by atoms with Crippen molar-refractivity contribution in [3.63, 3.8) is 0 Å². The van der Waals surface area contributed by atoms with E-state index in [0.29, 0.717) is 22.8 Å². The summed E-state index contributed by atoms with van der Waals surface area (Å²) in [6.07, 6.45) is 3.21. The molecule has 0 unspecified atom stereocenters. The third-order valence-electron chi connectivity index (χ3n) is 4.20. The maximum atomic E-state index is 12.3. The normalized spacial score (nSPS) is 10.8. The van der Waals surface area contributed by atoms with E-state index in [9.17, 15) is 4.79 Å². The summed E-state index contributed by atoms with van der Waals surface area (Å²) in [4.78, 5) is 24.6. The number of hydrogen-bond donors (Lipinski definition) is 2. The van der Waals surface area contributed by atoms with Crippen molar-refractivity contribution in [1.82, 2.24) is 24.7 Å². The Balaban J connectivity index is 1.62. The van der Waals surface area contributed by atoms with Crippen molar-refractivity contribution in [3.8, 4) is 0 Å². The molecule has 1 amide bonds. The second kappa shape index (κ2) is 7.24. The summed E-state index contributed by atoms with van der Waals surface area (Å²) in [5.74, 6) is 0.326. The van der Waals surface area contributed by atoms with E-state index in [0.717, 1.165) is 16.6 Å². The van der Waals surface area contributed by atoms with E-state index >= 15 is 0 Å². The van der Waals surface area contributed by atoms with Gasteiger partial charge in [-0.05, 0) is 48.4 Å². The fraction of sp³-hybridized carbons (Fsp3) is 0.105. The molecule has 140 valence electrons. The summed E-state index contributed by atoms with van der Waals surface area (Å²) >= 11 is 5.88. The molecule has 0 aliphatic rings. The molecule has 0 fully saturated rings. The van der Waals surface area contributed by atoms with Crippen LogP contribution < -0.4 is 10.6 Å². The van der Waals surface area contributed by atoms with Crippen molar-refractivity contribution in [2.24, 2.45) is 7.05 Å². The molecule has 3 heterocycles. The minimum Gasteiger partial charge on any atom is -0.338 e. The minimum atomic E-state index is -0.276. The van der Waals surface area contributed by atoms with Crippen molar-refractivity contribution in [1.29, 1.82) is 0 Å². The first-order valence-electron chi connectivity index (χ1n) is 8.46. The number of aryl methyl sites for hydroxylation is 2. The number of anilines is 3. The van der Waals surface area contributed by atoms with Crippen LogP contribution in [0, 0.1) is 6.92 Å². The summed E-state index contributed by atoms with van der Waals surface area (Å²) < 4.78 is 1.63. The molecule has 9 heteroatoms. The fourth-order valence-electron chi connectivity index (χ4n) is 2.76. The molecule has 0 radical (unpaired) electrons. The van der Waals surface area contributed by atoms with Gasteiger partial charge in [0.1, 0.15) is 5.69 Å². The molecule has 8 nitrogen and oxygen atoms in total. The smallest absolute Gasteiger partial charge is 0.274 e. The van der Waals surface area contributed by atoms with Crippen LogP contribution in [-0.4, -0.2) is 30.6 Å². The molecule has 0 spiro atoms. The molecule has 28 heavy (non-hydrogen) atoms. The highest BCUT2D eigenvalue weighted by Crippen LogP contribution is 2.28. The van der Waals surface area contributed by atoms with Crippen LogP contribution in [0.2, 0.25) is 5.28 Å². The van der Waals surface area contributed by atoms with Crippen LogP contribution in [0.1, 0.15) is 16.1 Å². The predicted molar refractivity (Wildman–Crippen MR) is 108 cm³/mol. The Morgan fingerprint density at radius 2 is 2.04 bits per heavy atom. The van der Waals surface area contributed by atoms with Gasteiger partial charge in [0.25, 0.3) is 5.91 Å². The highest BCUT2D eigenvalue weighted by Gasteiger charge is 2.13. The zero-order valence-corrected chi connectivity index (χ0v) is 15.9. The van der Waals surface area contributed by atoms with E-state index < -0.39 is 0 Å². The Morgan fingerprint density at radius 1 is 1.18 bits per heavy atom. The van der Waals surface area contributed by atoms with Crippen LogP contribution in [-0.2, 0) is 7.05 Å². The average Bonchev–Trinajstić information content (AvgIpc) is 3.00. The number of benzene rings is 1. The third-order valence-corrected chi connectivity index (χ3v) is 4.38.